The molecule has 4 nitrogen and oxygen atoms in total. The lowest BCUT2D eigenvalue weighted by molar-refractivity contribution is 0.0956. The Morgan fingerprint density at radius 3 is 2.71 bits per heavy atom. The van der Waals surface area contributed by atoms with Crippen molar-refractivity contribution in [3.05, 3.63) is 45.4 Å². The zero-order chi connectivity index (χ0) is 15.4. The molecule has 2 aromatic rings. The molecule has 1 atom stereocenters. The van der Waals surface area contributed by atoms with Crippen molar-refractivity contribution in [2.75, 3.05) is 11.9 Å². The van der Waals surface area contributed by atoms with Crippen LogP contribution >= 0.6 is 11.3 Å². The lowest BCUT2D eigenvalue weighted by atomic mass is 10.1. The van der Waals surface area contributed by atoms with Gasteiger partial charge in [0.05, 0.1) is 17.2 Å². The van der Waals surface area contributed by atoms with E-state index in [4.69, 9.17) is 0 Å². The molecule has 112 valence electrons. The second-order valence-corrected chi connectivity index (χ2v) is 5.94. The fourth-order valence-electron chi connectivity index (χ4n) is 2.25. The van der Waals surface area contributed by atoms with Crippen molar-refractivity contribution >= 4 is 22.9 Å². The fraction of sp³-hybridized carbons (Fsp3) is 0.375. The number of nitrogens with zero attached hydrogens (tertiary/aromatic N) is 1. The smallest absolute Gasteiger partial charge is 0.251 e. The number of amides is 1. The maximum Gasteiger partial charge on any atom is 0.251 e. The van der Waals surface area contributed by atoms with Crippen LogP contribution in [-0.4, -0.2) is 17.4 Å². The van der Waals surface area contributed by atoms with Gasteiger partial charge >= 0.3 is 0 Å². The van der Waals surface area contributed by atoms with Crippen molar-refractivity contribution in [1.82, 2.24) is 10.3 Å². The summed E-state index contributed by atoms with van der Waals surface area (Å²) >= 11 is 1.66. The number of aryl methyl sites for hydroxylation is 2. The van der Waals surface area contributed by atoms with Gasteiger partial charge in [0, 0.05) is 22.7 Å². The predicted molar refractivity (Wildman–Crippen MR) is 88.1 cm³/mol. The molecule has 0 aliphatic carbocycles. The van der Waals surface area contributed by atoms with Crippen molar-refractivity contribution in [2.24, 2.45) is 0 Å². The maximum atomic E-state index is 11.8. The summed E-state index contributed by atoms with van der Waals surface area (Å²) in [5, 5.41) is 6.30. The zero-order valence-corrected chi connectivity index (χ0v) is 13.7. The Bertz CT molecular complexity index is 636. The maximum absolute atomic E-state index is 11.8. The third-order valence-electron chi connectivity index (χ3n) is 3.37. The highest BCUT2D eigenvalue weighted by atomic mass is 32.1. The minimum atomic E-state index is -0.0292. The van der Waals surface area contributed by atoms with Gasteiger partial charge in [-0.15, -0.1) is 11.3 Å². The number of rotatable bonds is 5. The lowest BCUT2D eigenvalue weighted by Crippen LogP contribution is -2.22. The van der Waals surface area contributed by atoms with Gasteiger partial charge in [-0.25, -0.2) is 4.98 Å². The summed E-state index contributed by atoms with van der Waals surface area (Å²) in [6.07, 6.45) is 0. The molecule has 0 bridgehead atoms. The average molecular weight is 303 g/mol. The third-order valence-corrected chi connectivity index (χ3v) is 4.49. The Morgan fingerprint density at radius 2 is 2.14 bits per heavy atom. The highest BCUT2D eigenvalue weighted by Crippen LogP contribution is 2.27. The van der Waals surface area contributed by atoms with E-state index < -0.39 is 0 Å². The van der Waals surface area contributed by atoms with Crippen LogP contribution < -0.4 is 10.6 Å². The molecule has 0 radical (unpaired) electrons. The molecular formula is C16H21N3OS. The molecule has 5 heteroatoms. The van der Waals surface area contributed by atoms with E-state index in [1.807, 2.05) is 44.5 Å². The van der Waals surface area contributed by atoms with Gasteiger partial charge in [-0.3, -0.25) is 4.79 Å². The van der Waals surface area contributed by atoms with Gasteiger partial charge in [-0.2, -0.15) is 0 Å². The van der Waals surface area contributed by atoms with Crippen molar-refractivity contribution < 1.29 is 4.79 Å². The largest absolute Gasteiger partial charge is 0.377 e. The van der Waals surface area contributed by atoms with E-state index in [2.05, 4.69) is 22.5 Å². The molecule has 0 aliphatic rings. The van der Waals surface area contributed by atoms with Crippen molar-refractivity contribution in [3.63, 3.8) is 0 Å². The number of hydrogen-bond acceptors (Lipinski definition) is 4. The number of thiazole rings is 1. The van der Waals surface area contributed by atoms with Crippen molar-refractivity contribution in [2.45, 2.75) is 33.7 Å². The first-order valence-electron chi connectivity index (χ1n) is 7.08. The minimum absolute atomic E-state index is 0.0292. The fourth-order valence-corrected chi connectivity index (χ4v) is 3.07. The quantitative estimate of drug-likeness (QED) is 0.886. The molecule has 0 fully saturated rings. The van der Waals surface area contributed by atoms with Gasteiger partial charge in [0.1, 0.15) is 0 Å². The summed E-state index contributed by atoms with van der Waals surface area (Å²) in [5.74, 6) is -0.0292. The molecule has 1 unspecified atom stereocenters. The summed E-state index contributed by atoms with van der Waals surface area (Å²) in [6.45, 7) is 8.71. The highest BCUT2D eigenvalue weighted by Gasteiger charge is 2.13. The molecule has 0 saturated carbocycles. The van der Waals surface area contributed by atoms with Gasteiger partial charge in [0.2, 0.25) is 0 Å². The number of aromatic nitrogens is 1. The van der Waals surface area contributed by atoms with E-state index in [1.165, 1.54) is 4.88 Å². The molecule has 2 rings (SSSR count). The van der Waals surface area contributed by atoms with Gasteiger partial charge in [-0.05, 0) is 51.5 Å². The molecule has 1 amide bonds. The second kappa shape index (κ2) is 6.72. The van der Waals surface area contributed by atoms with E-state index in [0.29, 0.717) is 12.1 Å². The second-order valence-electron chi connectivity index (χ2n) is 5.06. The number of carbonyl (C=O) groups excluding carboxylic acids is 1. The number of carbonyl (C=O) groups is 1. The molecule has 21 heavy (non-hydrogen) atoms. The van der Waals surface area contributed by atoms with Crippen LogP contribution in [0.25, 0.3) is 0 Å². The van der Waals surface area contributed by atoms with E-state index in [-0.39, 0.29) is 11.9 Å². The molecule has 1 heterocycles. The summed E-state index contributed by atoms with van der Waals surface area (Å²) in [6, 6.07) is 5.94. The Labute approximate surface area is 129 Å². The Morgan fingerprint density at radius 1 is 1.38 bits per heavy atom. The normalized spacial score (nSPS) is 12.0. The zero-order valence-electron chi connectivity index (χ0n) is 12.9. The van der Waals surface area contributed by atoms with Crippen molar-refractivity contribution in [1.29, 1.82) is 0 Å². The molecule has 2 N–H and O–H groups in total. The first-order chi connectivity index (χ1) is 10.0. The Hall–Kier alpha value is -1.88. The van der Waals surface area contributed by atoms with Crippen LogP contribution in [0.15, 0.2) is 23.7 Å². The van der Waals surface area contributed by atoms with E-state index >= 15 is 0 Å². The summed E-state index contributed by atoms with van der Waals surface area (Å²) < 4.78 is 0. The minimum Gasteiger partial charge on any atom is -0.377 e. The Balaban J connectivity index is 2.14. The van der Waals surface area contributed by atoms with E-state index in [1.54, 1.807) is 11.3 Å². The van der Waals surface area contributed by atoms with Gasteiger partial charge < -0.3 is 10.6 Å². The number of hydrogen-bond donors (Lipinski definition) is 2. The molecule has 0 spiro atoms. The van der Waals surface area contributed by atoms with Crippen LogP contribution in [0.2, 0.25) is 0 Å². The molecule has 0 aliphatic heterocycles. The topological polar surface area (TPSA) is 54.0 Å². The van der Waals surface area contributed by atoms with Crippen molar-refractivity contribution in [3.8, 4) is 0 Å². The summed E-state index contributed by atoms with van der Waals surface area (Å²) in [4.78, 5) is 17.3. The highest BCUT2D eigenvalue weighted by molar-refractivity contribution is 7.09. The first-order valence-corrected chi connectivity index (χ1v) is 7.96. The third kappa shape index (κ3) is 3.61. The van der Waals surface area contributed by atoms with Crippen LogP contribution in [0.5, 0.6) is 0 Å². The lowest BCUT2D eigenvalue weighted by Gasteiger charge is -2.17. The van der Waals surface area contributed by atoms with Crippen LogP contribution in [0.4, 0.5) is 5.69 Å². The van der Waals surface area contributed by atoms with Gasteiger partial charge in [-0.1, -0.05) is 0 Å². The van der Waals surface area contributed by atoms with Crippen LogP contribution in [0, 0.1) is 13.8 Å². The first kappa shape index (κ1) is 15.5. The molecular weight excluding hydrogens is 282 g/mol. The predicted octanol–water partition coefficient (Wildman–Crippen LogP) is 3.68. The van der Waals surface area contributed by atoms with Crippen LogP contribution in [-0.2, 0) is 0 Å². The summed E-state index contributed by atoms with van der Waals surface area (Å²) in [7, 11) is 0. The average Bonchev–Trinajstić information content (AvgIpc) is 2.87. The van der Waals surface area contributed by atoms with Crippen LogP contribution in [0.3, 0.4) is 0 Å². The van der Waals surface area contributed by atoms with Gasteiger partial charge in [0.15, 0.2) is 0 Å². The van der Waals surface area contributed by atoms with E-state index in [0.717, 1.165) is 16.9 Å². The number of benzene rings is 1. The molecule has 1 aromatic carbocycles. The molecule has 0 saturated heterocycles. The van der Waals surface area contributed by atoms with E-state index in [9.17, 15) is 4.79 Å². The summed E-state index contributed by atoms with van der Waals surface area (Å²) in [5.41, 5.74) is 5.74. The molecule has 1 aromatic heterocycles. The van der Waals surface area contributed by atoms with Gasteiger partial charge in [0.25, 0.3) is 5.91 Å². The SMILES string of the molecule is CCNC(=O)c1ccc(NC(C)c2scnc2C)c(C)c1. The monoisotopic (exact) mass is 303 g/mol. The standard InChI is InChI=1S/C16H21N3OS/c1-5-17-16(20)13-6-7-14(10(2)8-13)19-12(4)15-11(3)18-9-21-15/h6-9,12,19H,5H2,1-4H3,(H,17,20). The number of anilines is 1. The Kier molecular flexibility index (Phi) is 4.96. The van der Waals surface area contributed by atoms with Crippen LogP contribution in [0.1, 0.15) is 46.4 Å². The number of nitrogens with one attached hydrogen (secondary N) is 2.